The molecule has 1 heterocycles. The fourth-order valence-corrected chi connectivity index (χ4v) is 4.19. The molecule has 2 aliphatic rings. The molecule has 3 N–H and O–H groups in total. The van der Waals surface area contributed by atoms with E-state index in [9.17, 15) is 8.42 Å². The van der Waals surface area contributed by atoms with Crippen LogP contribution in [0.15, 0.2) is 29.2 Å². The Kier molecular flexibility index (Phi) is 3.70. The van der Waals surface area contributed by atoms with Crippen molar-refractivity contribution in [2.24, 2.45) is 5.73 Å². The first-order valence-corrected chi connectivity index (χ1v) is 8.66. The van der Waals surface area contributed by atoms with Crippen molar-refractivity contribution < 1.29 is 8.42 Å². The minimum Gasteiger partial charge on any atom is -0.369 e. The quantitative estimate of drug-likeness (QED) is 0.871. The van der Waals surface area contributed by atoms with E-state index in [1.54, 1.807) is 12.1 Å². The van der Waals surface area contributed by atoms with E-state index in [1.165, 1.54) is 0 Å². The molecule has 1 aromatic rings. The Balaban J connectivity index is 1.91. The molecule has 110 valence electrons. The van der Waals surface area contributed by atoms with E-state index in [1.807, 2.05) is 12.1 Å². The molecule has 0 radical (unpaired) electrons. The van der Waals surface area contributed by atoms with Gasteiger partial charge in [-0.1, -0.05) is 12.1 Å². The molecule has 3 rings (SSSR count). The van der Waals surface area contributed by atoms with Crippen LogP contribution >= 0.6 is 0 Å². The fourth-order valence-electron chi connectivity index (χ4n) is 2.66. The van der Waals surface area contributed by atoms with Crippen molar-refractivity contribution in [3.63, 3.8) is 0 Å². The van der Waals surface area contributed by atoms with Crippen LogP contribution < -0.4 is 15.4 Å². The molecule has 0 aromatic heterocycles. The number of benzene rings is 1. The third-order valence-electron chi connectivity index (χ3n) is 3.85. The van der Waals surface area contributed by atoms with Crippen LogP contribution in [0.3, 0.4) is 0 Å². The number of nitrogens with one attached hydrogen (secondary N) is 1. The number of hydrogen-bond donors (Lipinski definition) is 2. The van der Waals surface area contributed by atoms with Gasteiger partial charge in [-0.2, -0.15) is 0 Å². The summed E-state index contributed by atoms with van der Waals surface area (Å²) in [7, 11) is -3.43. The van der Waals surface area contributed by atoms with Crippen LogP contribution in [-0.2, 0) is 10.0 Å². The van der Waals surface area contributed by atoms with Crippen molar-refractivity contribution >= 4 is 15.7 Å². The average Bonchev–Trinajstić information content (AvgIpc) is 3.22. The highest BCUT2D eigenvalue weighted by atomic mass is 32.2. The van der Waals surface area contributed by atoms with E-state index in [-0.39, 0.29) is 12.1 Å². The summed E-state index contributed by atoms with van der Waals surface area (Å²) in [6.07, 6.45) is 3.89. The van der Waals surface area contributed by atoms with E-state index in [2.05, 4.69) is 9.62 Å². The van der Waals surface area contributed by atoms with Crippen LogP contribution in [0.4, 0.5) is 5.69 Å². The predicted octanol–water partition coefficient (Wildman–Crippen LogP) is 1.05. The lowest BCUT2D eigenvalue weighted by Crippen LogP contribution is -2.43. The van der Waals surface area contributed by atoms with Gasteiger partial charge in [0.25, 0.3) is 0 Å². The number of anilines is 1. The summed E-state index contributed by atoms with van der Waals surface area (Å²) in [6, 6.07) is 7.45. The summed E-state index contributed by atoms with van der Waals surface area (Å²) < 4.78 is 27.7. The molecule has 1 aromatic carbocycles. The van der Waals surface area contributed by atoms with Crippen LogP contribution in [0.5, 0.6) is 0 Å². The number of hydrogen-bond acceptors (Lipinski definition) is 4. The molecular formula is C14H21N3O2S. The van der Waals surface area contributed by atoms with Crippen molar-refractivity contribution in [2.75, 3.05) is 18.0 Å². The maximum absolute atomic E-state index is 12.5. The summed E-state index contributed by atoms with van der Waals surface area (Å²) in [5.41, 5.74) is 6.78. The second kappa shape index (κ2) is 5.35. The maximum Gasteiger partial charge on any atom is 0.242 e. The third kappa shape index (κ3) is 2.97. The monoisotopic (exact) mass is 295 g/mol. The Morgan fingerprint density at radius 1 is 1.20 bits per heavy atom. The van der Waals surface area contributed by atoms with Gasteiger partial charge in [-0.3, -0.25) is 0 Å². The predicted molar refractivity (Wildman–Crippen MR) is 79.2 cm³/mol. The first-order valence-electron chi connectivity index (χ1n) is 7.18. The van der Waals surface area contributed by atoms with Gasteiger partial charge in [0, 0.05) is 25.2 Å². The Bertz CT molecular complexity index is 584. The van der Waals surface area contributed by atoms with E-state index in [0.717, 1.165) is 44.5 Å². The van der Waals surface area contributed by atoms with E-state index < -0.39 is 10.0 Å². The zero-order valence-electron chi connectivity index (χ0n) is 11.5. The smallest absolute Gasteiger partial charge is 0.242 e. The molecule has 1 saturated carbocycles. The fraction of sp³-hybridized carbons (Fsp3) is 0.571. The number of piperidine rings is 1. The molecule has 6 heteroatoms. The lowest BCUT2D eigenvalue weighted by molar-refractivity contribution is 0.503. The number of sulfonamides is 1. The van der Waals surface area contributed by atoms with Gasteiger partial charge in [-0.05, 0) is 37.8 Å². The SMILES string of the molecule is NC1CCCN(c2ccccc2S(=O)(=O)NC2CC2)C1. The molecule has 1 atom stereocenters. The van der Waals surface area contributed by atoms with Gasteiger partial charge in [0.15, 0.2) is 0 Å². The third-order valence-corrected chi connectivity index (χ3v) is 5.42. The van der Waals surface area contributed by atoms with Crippen molar-refractivity contribution in [1.29, 1.82) is 0 Å². The number of rotatable bonds is 4. The molecule has 0 amide bonds. The molecule has 0 bridgehead atoms. The van der Waals surface area contributed by atoms with E-state index in [4.69, 9.17) is 5.73 Å². The number of nitrogens with two attached hydrogens (primary N) is 1. The molecule has 20 heavy (non-hydrogen) atoms. The Labute approximate surface area is 120 Å². The van der Waals surface area contributed by atoms with Crippen molar-refractivity contribution in [1.82, 2.24) is 4.72 Å². The molecule has 1 aliphatic heterocycles. The van der Waals surface area contributed by atoms with Gasteiger partial charge < -0.3 is 10.6 Å². The van der Waals surface area contributed by atoms with E-state index in [0.29, 0.717) is 4.90 Å². The molecular weight excluding hydrogens is 274 g/mol. The summed E-state index contributed by atoms with van der Waals surface area (Å²) in [5.74, 6) is 0. The molecule has 1 aliphatic carbocycles. The van der Waals surface area contributed by atoms with Crippen LogP contribution in [0.1, 0.15) is 25.7 Å². The number of nitrogens with zero attached hydrogens (tertiary/aromatic N) is 1. The minimum absolute atomic E-state index is 0.121. The van der Waals surface area contributed by atoms with Gasteiger partial charge in [0.05, 0.1) is 5.69 Å². The average molecular weight is 295 g/mol. The van der Waals surface area contributed by atoms with Gasteiger partial charge >= 0.3 is 0 Å². The summed E-state index contributed by atoms with van der Waals surface area (Å²) in [6.45, 7) is 1.58. The molecule has 2 fully saturated rings. The second-order valence-electron chi connectivity index (χ2n) is 5.71. The standard InChI is InChI=1S/C14H21N3O2S/c15-11-4-3-9-17(10-11)13-5-1-2-6-14(13)20(18,19)16-12-7-8-12/h1-2,5-6,11-12,16H,3-4,7-10,15H2. The highest BCUT2D eigenvalue weighted by molar-refractivity contribution is 7.89. The van der Waals surface area contributed by atoms with Crippen molar-refractivity contribution in [2.45, 2.75) is 42.7 Å². The van der Waals surface area contributed by atoms with Gasteiger partial charge in [-0.15, -0.1) is 0 Å². The highest BCUT2D eigenvalue weighted by Crippen LogP contribution is 2.29. The maximum atomic E-state index is 12.5. The van der Waals surface area contributed by atoms with Crippen LogP contribution in [0, 0.1) is 0 Å². The van der Waals surface area contributed by atoms with Crippen molar-refractivity contribution in [3.8, 4) is 0 Å². The van der Waals surface area contributed by atoms with E-state index >= 15 is 0 Å². The topological polar surface area (TPSA) is 75.4 Å². The van der Waals surface area contributed by atoms with Crippen LogP contribution in [0.25, 0.3) is 0 Å². The molecule has 0 spiro atoms. The van der Waals surface area contributed by atoms with Crippen LogP contribution in [-0.4, -0.2) is 33.6 Å². The first-order chi connectivity index (χ1) is 9.56. The Morgan fingerprint density at radius 3 is 2.65 bits per heavy atom. The normalized spacial score (nSPS) is 23.9. The van der Waals surface area contributed by atoms with Gasteiger partial charge in [0.1, 0.15) is 4.90 Å². The Hall–Kier alpha value is -1.11. The van der Waals surface area contributed by atoms with Gasteiger partial charge in [-0.25, -0.2) is 13.1 Å². The largest absolute Gasteiger partial charge is 0.369 e. The number of para-hydroxylation sites is 1. The Morgan fingerprint density at radius 2 is 1.95 bits per heavy atom. The second-order valence-corrected chi connectivity index (χ2v) is 7.39. The summed E-state index contributed by atoms with van der Waals surface area (Å²) in [5, 5.41) is 0. The summed E-state index contributed by atoms with van der Waals surface area (Å²) in [4.78, 5) is 2.47. The lowest BCUT2D eigenvalue weighted by Gasteiger charge is -2.33. The zero-order valence-corrected chi connectivity index (χ0v) is 12.3. The minimum atomic E-state index is -3.43. The molecule has 5 nitrogen and oxygen atoms in total. The van der Waals surface area contributed by atoms with Crippen molar-refractivity contribution in [3.05, 3.63) is 24.3 Å². The molecule has 1 saturated heterocycles. The lowest BCUT2D eigenvalue weighted by atomic mass is 10.1. The highest BCUT2D eigenvalue weighted by Gasteiger charge is 2.30. The summed E-state index contributed by atoms with van der Waals surface area (Å²) >= 11 is 0. The van der Waals surface area contributed by atoms with Crippen LogP contribution in [0.2, 0.25) is 0 Å². The molecule has 1 unspecified atom stereocenters. The van der Waals surface area contributed by atoms with Gasteiger partial charge in [0.2, 0.25) is 10.0 Å². The zero-order chi connectivity index (χ0) is 14.2. The first kappa shape index (κ1) is 13.9.